The minimum absolute atomic E-state index is 0.0682. The van der Waals surface area contributed by atoms with Gasteiger partial charge >= 0.3 is 0 Å². The van der Waals surface area contributed by atoms with Crippen LogP contribution in [0.2, 0.25) is 0 Å². The van der Waals surface area contributed by atoms with E-state index in [0.29, 0.717) is 24.5 Å². The highest BCUT2D eigenvalue weighted by Crippen LogP contribution is 2.36. The molecule has 5 heteroatoms. The molecule has 0 spiro atoms. The van der Waals surface area contributed by atoms with E-state index in [2.05, 4.69) is 21.2 Å². The molecule has 102 valence electrons. The minimum atomic E-state index is -0.0682. The van der Waals surface area contributed by atoms with Crippen molar-refractivity contribution in [3.05, 3.63) is 29.3 Å². The second-order valence-electron chi connectivity index (χ2n) is 4.81. The van der Waals surface area contributed by atoms with E-state index in [0.717, 1.165) is 25.0 Å². The van der Waals surface area contributed by atoms with Crippen LogP contribution in [0.25, 0.3) is 0 Å². The van der Waals surface area contributed by atoms with E-state index in [-0.39, 0.29) is 16.8 Å². The number of benzene rings is 1. The number of alkyl halides is 1. The van der Waals surface area contributed by atoms with Gasteiger partial charge in [0.25, 0.3) is 5.91 Å². The first-order chi connectivity index (χ1) is 9.25. The Bertz CT molecular complexity index is 486. The molecule has 2 aliphatic rings. The fraction of sp³-hybridized carbons (Fsp3) is 0.500. The van der Waals surface area contributed by atoms with Gasteiger partial charge in [-0.2, -0.15) is 0 Å². The second-order valence-corrected chi connectivity index (χ2v) is 5.80. The number of nitrogens with one attached hydrogen (secondary N) is 1. The molecule has 0 saturated carbocycles. The highest BCUT2D eigenvalue weighted by atomic mass is 79.9. The molecule has 1 amide bonds. The average molecular weight is 326 g/mol. The van der Waals surface area contributed by atoms with E-state index in [1.54, 1.807) is 0 Å². The summed E-state index contributed by atoms with van der Waals surface area (Å²) in [4.78, 5) is 12.1. The van der Waals surface area contributed by atoms with E-state index >= 15 is 0 Å². The molecule has 4 nitrogen and oxygen atoms in total. The molecule has 0 aromatic heterocycles. The Balaban J connectivity index is 1.89. The molecular formula is C14H16BrNO3. The molecule has 19 heavy (non-hydrogen) atoms. The zero-order valence-electron chi connectivity index (χ0n) is 10.5. The summed E-state index contributed by atoms with van der Waals surface area (Å²) in [6.45, 7) is 1.88. The summed E-state index contributed by atoms with van der Waals surface area (Å²) in [6.07, 6.45) is 2.34. The number of rotatable bonds is 2. The van der Waals surface area contributed by atoms with Crippen LogP contribution in [0, 0.1) is 0 Å². The molecule has 3 rings (SSSR count). The highest BCUT2D eigenvalue weighted by molar-refractivity contribution is 9.09. The van der Waals surface area contributed by atoms with Gasteiger partial charge in [0.1, 0.15) is 12.4 Å². The maximum Gasteiger partial charge on any atom is 0.255 e. The van der Waals surface area contributed by atoms with Crippen LogP contribution in [0.3, 0.4) is 0 Å². The number of hydrogen-bond acceptors (Lipinski definition) is 3. The Labute approximate surface area is 120 Å². The molecule has 0 aliphatic carbocycles. The predicted molar refractivity (Wildman–Crippen MR) is 74.9 cm³/mol. The molecule has 2 heterocycles. The van der Waals surface area contributed by atoms with E-state index in [1.165, 1.54) is 0 Å². The first-order valence-corrected chi connectivity index (χ1v) is 7.48. The molecule has 1 fully saturated rings. The van der Waals surface area contributed by atoms with Crippen LogP contribution in [0.4, 0.5) is 0 Å². The first-order valence-electron chi connectivity index (χ1n) is 6.56. The lowest BCUT2D eigenvalue weighted by Crippen LogP contribution is -2.24. The van der Waals surface area contributed by atoms with Crippen LogP contribution in [0.1, 0.15) is 33.6 Å². The summed E-state index contributed by atoms with van der Waals surface area (Å²) in [5.41, 5.74) is 1.67. The van der Waals surface area contributed by atoms with E-state index in [9.17, 15) is 4.79 Å². The van der Waals surface area contributed by atoms with Gasteiger partial charge in [-0.1, -0.05) is 22.0 Å². The molecule has 1 aromatic carbocycles. The maximum atomic E-state index is 12.0. The highest BCUT2D eigenvalue weighted by Gasteiger charge is 2.26. The van der Waals surface area contributed by atoms with E-state index in [4.69, 9.17) is 9.47 Å². The zero-order chi connectivity index (χ0) is 13.2. The van der Waals surface area contributed by atoms with Crippen LogP contribution in [0.5, 0.6) is 5.75 Å². The third kappa shape index (κ3) is 2.62. The number of carbonyl (C=O) groups is 1. The van der Waals surface area contributed by atoms with Crippen molar-refractivity contribution < 1.29 is 14.3 Å². The van der Waals surface area contributed by atoms with Crippen LogP contribution >= 0.6 is 15.9 Å². The third-order valence-electron chi connectivity index (χ3n) is 3.50. The Morgan fingerprint density at radius 2 is 2.26 bits per heavy atom. The Morgan fingerprint density at radius 3 is 3.05 bits per heavy atom. The number of carbonyl (C=O) groups excluding carboxylic acids is 1. The lowest BCUT2D eigenvalue weighted by atomic mass is 10.0. The number of ether oxygens (including phenoxy) is 2. The van der Waals surface area contributed by atoms with Crippen molar-refractivity contribution in [1.29, 1.82) is 0 Å². The van der Waals surface area contributed by atoms with Gasteiger partial charge in [0.2, 0.25) is 0 Å². The second kappa shape index (κ2) is 5.51. The van der Waals surface area contributed by atoms with Crippen LogP contribution in [-0.4, -0.2) is 31.8 Å². The molecule has 0 radical (unpaired) electrons. The fourth-order valence-corrected chi connectivity index (χ4v) is 3.19. The lowest BCUT2D eigenvalue weighted by molar-refractivity contribution is 0.0956. The molecule has 0 bridgehead atoms. The molecule has 2 aliphatic heterocycles. The largest absolute Gasteiger partial charge is 0.491 e. The zero-order valence-corrected chi connectivity index (χ0v) is 12.1. The summed E-state index contributed by atoms with van der Waals surface area (Å²) in [7, 11) is 0. The molecular weight excluding hydrogens is 310 g/mol. The quantitative estimate of drug-likeness (QED) is 0.849. The van der Waals surface area contributed by atoms with Gasteiger partial charge in [0.15, 0.2) is 0 Å². The van der Waals surface area contributed by atoms with Gasteiger partial charge in [-0.25, -0.2) is 0 Å². The minimum Gasteiger partial charge on any atom is -0.491 e. The van der Waals surface area contributed by atoms with E-state index in [1.807, 2.05) is 18.2 Å². The van der Waals surface area contributed by atoms with Gasteiger partial charge in [-0.15, -0.1) is 0 Å². The molecule has 2 atom stereocenters. The number of hydrogen-bond donors (Lipinski definition) is 1. The van der Waals surface area contributed by atoms with Gasteiger partial charge in [0.05, 0.1) is 23.0 Å². The molecule has 1 aromatic rings. The number of amides is 1. The van der Waals surface area contributed by atoms with Crippen molar-refractivity contribution in [3.63, 3.8) is 0 Å². The van der Waals surface area contributed by atoms with Crippen LogP contribution < -0.4 is 10.1 Å². The smallest absolute Gasteiger partial charge is 0.255 e. The SMILES string of the molecule is O=C1NCCOc2ccc(C(Br)C3CCCO3)cc21. The normalized spacial score (nSPS) is 24.1. The van der Waals surface area contributed by atoms with Crippen molar-refractivity contribution in [2.45, 2.75) is 23.8 Å². The van der Waals surface area contributed by atoms with Crippen molar-refractivity contribution in [2.75, 3.05) is 19.8 Å². The summed E-state index contributed by atoms with van der Waals surface area (Å²) >= 11 is 3.68. The topological polar surface area (TPSA) is 47.6 Å². The van der Waals surface area contributed by atoms with Gasteiger partial charge < -0.3 is 14.8 Å². The predicted octanol–water partition coefficient (Wildman–Crippen LogP) is 2.42. The number of fused-ring (bicyclic) bond motifs is 1. The van der Waals surface area contributed by atoms with Crippen LogP contribution in [0.15, 0.2) is 18.2 Å². The summed E-state index contributed by atoms with van der Waals surface area (Å²) in [5, 5.41) is 2.83. The van der Waals surface area contributed by atoms with Crippen LogP contribution in [-0.2, 0) is 4.74 Å². The van der Waals surface area contributed by atoms with Gasteiger partial charge in [0, 0.05) is 6.61 Å². The van der Waals surface area contributed by atoms with Gasteiger partial charge in [-0.3, -0.25) is 4.79 Å². The molecule has 1 saturated heterocycles. The Hall–Kier alpha value is -1.07. The fourth-order valence-electron chi connectivity index (χ4n) is 2.49. The Morgan fingerprint density at radius 1 is 1.37 bits per heavy atom. The first kappa shape index (κ1) is 12.9. The molecule has 2 unspecified atom stereocenters. The van der Waals surface area contributed by atoms with Crippen molar-refractivity contribution >= 4 is 21.8 Å². The lowest BCUT2D eigenvalue weighted by Gasteiger charge is -2.18. The van der Waals surface area contributed by atoms with Crippen molar-refractivity contribution in [3.8, 4) is 5.75 Å². The monoisotopic (exact) mass is 325 g/mol. The average Bonchev–Trinajstić information content (AvgIpc) is 2.90. The number of halogens is 1. The summed E-state index contributed by atoms with van der Waals surface area (Å²) in [6, 6.07) is 5.77. The molecule has 1 N–H and O–H groups in total. The van der Waals surface area contributed by atoms with Crippen molar-refractivity contribution in [2.24, 2.45) is 0 Å². The third-order valence-corrected chi connectivity index (χ3v) is 4.62. The van der Waals surface area contributed by atoms with Crippen molar-refractivity contribution in [1.82, 2.24) is 5.32 Å². The Kier molecular flexibility index (Phi) is 3.75. The summed E-state index contributed by atoms with van der Waals surface area (Å²) in [5.74, 6) is 0.590. The van der Waals surface area contributed by atoms with E-state index < -0.39 is 0 Å². The van der Waals surface area contributed by atoms with Gasteiger partial charge in [-0.05, 0) is 30.5 Å². The maximum absolute atomic E-state index is 12.0. The standard InChI is InChI=1S/C14H16BrNO3/c15-13(12-2-1-6-18-12)9-3-4-11-10(8-9)14(17)16-5-7-19-11/h3-4,8,12-13H,1-2,5-7H2,(H,16,17). The summed E-state index contributed by atoms with van der Waals surface area (Å²) < 4.78 is 11.2.